The zero-order valence-electron chi connectivity index (χ0n) is 20.3. The van der Waals surface area contributed by atoms with Gasteiger partial charge in [-0.2, -0.15) is 10.2 Å². The van der Waals surface area contributed by atoms with E-state index in [1.165, 1.54) is 13.0 Å². The van der Waals surface area contributed by atoms with Gasteiger partial charge in [-0.3, -0.25) is 9.59 Å². The molecule has 2 rings (SSSR count). The number of hydrogen-bond donors (Lipinski definition) is 0. The summed E-state index contributed by atoms with van der Waals surface area (Å²) in [6.07, 6.45) is 0. The van der Waals surface area contributed by atoms with E-state index in [1.54, 1.807) is 38.1 Å². The first kappa shape index (κ1) is 28.2. The number of para-hydroxylation sites is 1. The molecule has 0 aliphatic rings. The normalized spacial score (nSPS) is 11.7. The summed E-state index contributed by atoms with van der Waals surface area (Å²) in [5.74, 6) is 0.0730. The molecule has 0 saturated carbocycles. The first-order valence-electron chi connectivity index (χ1n) is 11.2. The molecule has 35 heavy (non-hydrogen) atoms. The Hall–Kier alpha value is -3.04. The minimum absolute atomic E-state index is 0.213. The average Bonchev–Trinajstić information content (AvgIpc) is 2.82. The zero-order valence-corrected chi connectivity index (χ0v) is 21.9. The Morgan fingerprint density at radius 3 is 2.11 bits per heavy atom. The highest BCUT2D eigenvalue weighted by molar-refractivity contribution is 6.39. The predicted octanol–water partition coefficient (Wildman–Crippen LogP) is 6.16. The number of carbonyl (C=O) groups is 2. The minimum Gasteiger partial charge on any atom is -0.492 e. The number of Topliss-reactive ketones (excluding diaryl/α,β-unsaturated/α-hetero) is 1. The predicted molar refractivity (Wildman–Crippen MR) is 135 cm³/mol. The molecule has 0 spiro atoms. The monoisotopic (exact) mass is 525 g/mol. The standard InChI is InChI=1S/C24H29Cl2N3O6/c1-6-32-19-12-10-11-18(23(19)35-9-4)29(26)24(31)22(15(5)30)28-27-17-13-16(25)20(33-7-2)14-21(17)34-8-3/h10-14,22H,6-9H2,1-5H3. The minimum atomic E-state index is -1.52. The lowest BCUT2D eigenvalue weighted by Crippen LogP contribution is -2.36. The number of anilines is 1. The van der Waals surface area contributed by atoms with Gasteiger partial charge in [0.15, 0.2) is 23.0 Å². The number of carbonyl (C=O) groups excluding carboxylic acids is 2. The largest absolute Gasteiger partial charge is 0.492 e. The zero-order chi connectivity index (χ0) is 26.0. The Morgan fingerprint density at radius 1 is 0.914 bits per heavy atom. The number of ether oxygens (including phenoxy) is 4. The summed E-state index contributed by atoms with van der Waals surface area (Å²) in [6.45, 7) is 9.91. The Balaban J connectivity index is 2.42. The first-order chi connectivity index (χ1) is 16.8. The van der Waals surface area contributed by atoms with Gasteiger partial charge in [0.2, 0.25) is 6.04 Å². The maximum Gasteiger partial charge on any atom is 0.276 e. The van der Waals surface area contributed by atoms with Gasteiger partial charge in [0.25, 0.3) is 5.91 Å². The molecule has 0 N–H and O–H groups in total. The number of azo groups is 1. The van der Waals surface area contributed by atoms with Gasteiger partial charge < -0.3 is 18.9 Å². The van der Waals surface area contributed by atoms with Crippen molar-refractivity contribution in [2.45, 2.75) is 40.7 Å². The highest BCUT2D eigenvalue weighted by Gasteiger charge is 2.31. The Labute approximate surface area is 215 Å². The fraction of sp³-hybridized carbons (Fsp3) is 0.417. The fourth-order valence-electron chi connectivity index (χ4n) is 3.01. The van der Waals surface area contributed by atoms with Crippen molar-refractivity contribution in [1.29, 1.82) is 0 Å². The van der Waals surface area contributed by atoms with Gasteiger partial charge in [-0.25, -0.2) is 4.42 Å². The quantitative estimate of drug-likeness (QED) is 0.176. The second kappa shape index (κ2) is 13.7. The van der Waals surface area contributed by atoms with E-state index < -0.39 is 17.7 Å². The average molecular weight is 526 g/mol. The van der Waals surface area contributed by atoms with Crippen LogP contribution in [-0.2, 0) is 9.59 Å². The van der Waals surface area contributed by atoms with Gasteiger partial charge in [0.05, 0.1) is 31.5 Å². The van der Waals surface area contributed by atoms with Gasteiger partial charge in [0.1, 0.15) is 17.1 Å². The van der Waals surface area contributed by atoms with Crippen molar-refractivity contribution in [3.05, 3.63) is 35.4 Å². The van der Waals surface area contributed by atoms with Gasteiger partial charge in [-0.15, -0.1) is 0 Å². The van der Waals surface area contributed by atoms with Gasteiger partial charge in [-0.05, 0) is 52.8 Å². The first-order valence-corrected chi connectivity index (χ1v) is 11.9. The van der Waals surface area contributed by atoms with Crippen LogP contribution >= 0.6 is 23.4 Å². The van der Waals surface area contributed by atoms with Crippen LogP contribution in [0.25, 0.3) is 0 Å². The van der Waals surface area contributed by atoms with Crippen LogP contribution in [0.5, 0.6) is 23.0 Å². The van der Waals surface area contributed by atoms with E-state index in [0.29, 0.717) is 43.7 Å². The van der Waals surface area contributed by atoms with Gasteiger partial charge in [-0.1, -0.05) is 17.7 Å². The Bertz CT molecular complexity index is 1060. The maximum absolute atomic E-state index is 13.2. The van der Waals surface area contributed by atoms with E-state index in [1.807, 2.05) is 13.8 Å². The molecule has 1 amide bonds. The molecule has 0 saturated heterocycles. The van der Waals surface area contributed by atoms with Crippen molar-refractivity contribution in [3.63, 3.8) is 0 Å². The van der Waals surface area contributed by atoms with Crippen LogP contribution in [0.1, 0.15) is 34.6 Å². The number of amides is 1. The molecule has 0 bridgehead atoms. The molecule has 0 aliphatic heterocycles. The van der Waals surface area contributed by atoms with Crippen molar-refractivity contribution in [2.75, 3.05) is 30.8 Å². The summed E-state index contributed by atoms with van der Waals surface area (Å²) in [7, 11) is 0. The summed E-state index contributed by atoms with van der Waals surface area (Å²) in [6, 6.07) is 6.48. The van der Waals surface area contributed by atoms with Crippen LogP contribution < -0.4 is 23.4 Å². The van der Waals surface area contributed by atoms with Crippen molar-refractivity contribution in [2.24, 2.45) is 10.2 Å². The lowest BCUT2D eigenvalue weighted by atomic mass is 10.2. The van der Waals surface area contributed by atoms with E-state index in [0.717, 1.165) is 4.42 Å². The molecule has 1 atom stereocenters. The molecule has 0 aromatic heterocycles. The number of nitrogens with zero attached hydrogens (tertiary/aromatic N) is 3. The summed E-state index contributed by atoms with van der Waals surface area (Å²) in [5, 5.41) is 8.35. The van der Waals surface area contributed by atoms with Crippen LogP contribution in [0.15, 0.2) is 40.6 Å². The van der Waals surface area contributed by atoms with Crippen LogP contribution in [0, 0.1) is 0 Å². The summed E-state index contributed by atoms with van der Waals surface area (Å²) >= 11 is 12.7. The smallest absolute Gasteiger partial charge is 0.276 e. The lowest BCUT2D eigenvalue weighted by Gasteiger charge is -2.21. The van der Waals surface area contributed by atoms with Crippen LogP contribution in [0.2, 0.25) is 5.02 Å². The maximum atomic E-state index is 13.2. The highest BCUT2D eigenvalue weighted by Crippen LogP contribution is 2.40. The third kappa shape index (κ3) is 7.22. The highest BCUT2D eigenvalue weighted by atomic mass is 35.5. The molecule has 190 valence electrons. The molecule has 0 radical (unpaired) electrons. The van der Waals surface area contributed by atoms with E-state index >= 15 is 0 Å². The third-order valence-corrected chi connectivity index (χ3v) is 5.11. The molecule has 0 heterocycles. The summed E-state index contributed by atoms with van der Waals surface area (Å²) in [4.78, 5) is 25.5. The van der Waals surface area contributed by atoms with Gasteiger partial charge in [0, 0.05) is 17.8 Å². The van der Waals surface area contributed by atoms with E-state index in [4.69, 9.17) is 42.3 Å². The molecule has 9 nitrogen and oxygen atoms in total. The van der Waals surface area contributed by atoms with Crippen LogP contribution in [-0.4, -0.2) is 44.2 Å². The van der Waals surface area contributed by atoms with Crippen molar-refractivity contribution < 1.29 is 28.5 Å². The third-order valence-electron chi connectivity index (χ3n) is 4.46. The van der Waals surface area contributed by atoms with E-state index in [-0.39, 0.29) is 22.1 Å². The van der Waals surface area contributed by atoms with Crippen molar-refractivity contribution >= 4 is 46.4 Å². The van der Waals surface area contributed by atoms with E-state index in [2.05, 4.69) is 10.2 Å². The van der Waals surface area contributed by atoms with Crippen LogP contribution in [0.3, 0.4) is 0 Å². The second-order valence-corrected chi connectivity index (χ2v) is 7.68. The van der Waals surface area contributed by atoms with Crippen molar-refractivity contribution in [3.8, 4) is 23.0 Å². The van der Waals surface area contributed by atoms with E-state index in [9.17, 15) is 9.59 Å². The number of ketones is 1. The second-order valence-electron chi connectivity index (χ2n) is 6.93. The lowest BCUT2D eigenvalue weighted by molar-refractivity contribution is -0.126. The Kier molecular flexibility index (Phi) is 11.1. The van der Waals surface area contributed by atoms with Gasteiger partial charge >= 0.3 is 0 Å². The number of hydrogen-bond acceptors (Lipinski definition) is 8. The molecular weight excluding hydrogens is 497 g/mol. The molecule has 0 aliphatic carbocycles. The molecule has 2 aromatic rings. The molecule has 11 heteroatoms. The summed E-state index contributed by atoms with van der Waals surface area (Å²) in [5.41, 5.74) is 0.443. The molecule has 0 fully saturated rings. The molecule has 1 unspecified atom stereocenters. The fourth-order valence-corrected chi connectivity index (χ4v) is 3.45. The number of halogens is 2. The number of rotatable bonds is 13. The number of benzene rings is 2. The molecule has 2 aromatic carbocycles. The topological polar surface area (TPSA) is 99.0 Å². The van der Waals surface area contributed by atoms with Crippen molar-refractivity contribution in [1.82, 2.24) is 0 Å². The summed E-state index contributed by atoms with van der Waals surface area (Å²) < 4.78 is 23.1. The molecular formula is C24H29Cl2N3O6. The Morgan fingerprint density at radius 2 is 1.51 bits per heavy atom. The SMILES string of the molecule is CCOc1cc(OCC)c(N=NC(C(C)=O)C(=O)N(Cl)c2cccc(OCC)c2OCC)cc1Cl. The van der Waals surface area contributed by atoms with Crippen LogP contribution in [0.4, 0.5) is 11.4 Å².